The van der Waals surface area contributed by atoms with Gasteiger partial charge in [0.2, 0.25) is 11.8 Å². The van der Waals surface area contributed by atoms with Crippen molar-refractivity contribution >= 4 is 40.7 Å². The molecule has 3 atom stereocenters. The Bertz CT molecular complexity index is 973. The number of carbonyl (C=O) groups excluding carboxylic acids is 2. The van der Waals surface area contributed by atoms with E-state index in [9.17, 15) is 22.8 Å². The van der Waals surface area contributed by atoms with Crippen molar-refractivity contribution in [3.05, 3.63) is 58.1 Å². The summed E-state index contributed by atoms with van der Waals surface area (Å²) in [5.74, 6) is -2.13. The van der Waals surface area contributed by atoms with Crippen LogP contribution in [-0.2, 0) is 9.59 Å². The van der Waals surface area contributed by atoms with Crippen molar-refractivity contribution in [1.82, 2.24) is 0 Å². The molecule has 1 saturated carbocycles. The summed E-state index contributed by atoms with van der Waals surface area (Å²) in [6.07, 6.45) is -4.78. The summed E-state index contributed by atoms with van der Waals surface area (Å²) < 4.78 is 40.7. The predicted molar refractivity (Wildman–Crippen MR) is 96.4 cm³/mol. The van der Waals surface area contributed by atoms with Gasteiger partial charge in [0.05, 0.1) is 17.0 Å². The number of amides is 2. The lowest BCUT2D eigenvalue weighted by Gasteiger charge is -2.21. The van der Waals surface area contributed by atoms with Crippen molar-refractivity contribution in [1.29, 1.82) is 0 Å². The van der Waals surface area contributed by atoms with Gasteiger partial charge >= 0.3 is 6.36 Å². The van der Waals surface area contributed by atoms with E-state index in [-0.39, 0.29) is 17.6 Å². The number of fused-ring (bicyclic) bond motifs is 1. The van der Waals surface area contributed by atoms with Crippen LogP contribution >= 0.6 is 23.2 Å². The summed E-state index contributed by atoms with van der Waals surface area (Å²) in [5, 5.41) is 0.594. The van der Waals surface area contributed by atoms with Crippen LogP contribution in [0.15, 0.2) is 42.5 Å². The zero-order chi connectivity index (χ0) is 20.4. The highest BCUT2D eigenvalue weighted by atomic mass is 35.5. The summed E-state index contributed by atoms with van der Waals surface area (Å²) in [6.45, 7) is 1.68. The quantitative estimate of drug-likeness (QED) is 0.631. The van der Waals surface area contributed by atoms with Crippen LogP contribution in [0.25, 0.3) is 0 Å². The van der Waals surface area contributed by atoms with Gasteiger partial charge in [-0.15, -0.1) is 13.2 Å². The number of benzene rings is 2. The number of hydrogen-bond donors (Lipinski definition) is 0. The molecule has 0 bridgehead atoms. The minimum Gasteiger partial charge on any atom is -0.406 e. The Balaban J connectivity index is 1.59. The highest BCUT2D eigenvalue weighted by molar-refractivity contribution is 6.36. The van der Waals surface area contributed by atoms with Crippen molar-refractivity contribution in [2.24, 2.45) is 11.3 Å². The summed E-state index contributed by atoms with van der Waals surface area (Å²) >= 11 is 11.9. The summed E-state index contributed by atoms with van der Waals surface area (Å²) in [6, 6.07) is 9.68. The lowest BCUT2D eigenvalue weighted by atomic mass is 9.99. The zero-order valence-electron chi connectivity index (χ0n) is 14.3. The molecule has 1 aliphatic carbocycles. The molecule has 28 heavy (non-hydrogen) atoms. The molecular formula is C19H12Cl2F3NO3. The Morgan fingerprint density at radius 3 is 2.04 bits per heavy atom. The van der Waals surface area contributed by atoms with E-state index in [2.05, 4.69) is 4.74 Å². The van der Waals surface area contributed by atoms with Crippen LogP contribution in [0.5, 0.6) is 5.75 Å². The number of alkyl halides is 3. The van der Waals surface area contributed by atoms with Crippen LogP contribution < -0.4 is 9.64 Å². The number of halogens is 5. The van der Waals surface area contributed by atoms with E-state index in [1.807, 2.05) is 0 Å². The van der Waals surface area contributed by atoms with Crippen LogP contribution in [0.4, 0.5) is 18.9 Å². The van der Waals surface area contributed by atoms with E-state index in [0.29, 0.717) is 21.3 Å². The van der Waals surface area contributed by atoms with Crippen molar-refractivity contribution in [2.45, 2.75) is 19.2 Å². The smallest absolute Gasteiger partial charge is 0.406 e. The molecule has 0 spiro atoms. The van der Waals surface area contributed by atoms with Gasteiger partial charge in [-0.1, -0.05) is 35.3 Å². The van der Waals surface area contributed by atoms with Crippen LogP contribution in [0, 0.1) is 11.3 Å². The Labute approximate surface area is 167 Å². The molecule has 4 rings (SSSR count). The topological polar surface area (TPSA) is 46.6 Å². The molecule has 1 aliphatic heterocycles. The van der Waals surface area contributed by atoms with E-state index in [1.54, 1.807) is 6.92 Å². The molecule has 1 saturated heterocycles. The molecular weight excluding hydrogens is 418 g/mol. The monoisotopic (exact) mass is 429 g/mol. The van der Waals surface area contributed by atoms with Gasteiger partial charge in [-0.05, 0) is 42.8 Å². The van der Waals surface area contributed by atoms with Crippen molar-refractivity contribution in [2.75, 3.05) is 4.90 Å². The van der Waals surface area contributed by atoms with Crippen LogP contribution in [0.2, 0.25) is 10.0 Å². The van der Waals surface area contributed by atoms with Gasteiger partial charge in [0.15, 0.2) is 0 Å². The van der Waals surface area contributed by atoms with Crippen LogP contribution in [0.1, 0.15) is 18.4 Å². The first-order valence-electron chi connectivity index (χ1n) is 8.22. The second-order valence-electron chi connectivity index (χ2n) is 6.96. The Kier molecular flexibility index (Phi) is 4.17. The fraction of sp³-hybridized carbons (Fsp3) is 0.263. The third-order valence-corrected chi connectivity index (χ3v) is 5.68. The molecule has 4 nitrogen and oxygen atoms in total. The maximum absolute atomic E-state index is 13.0. The minimum atomic E-state index is -4.78. The molecule has 2 aromatic rings. The molecule has 2 aromatic carbocycles. The minimum absolute atomic E-state index is 0.297. The van der Waals surface area contributed by atoms with Crippen molar-refractivity contribution in [3.63, 3.8) is 0 Å². The average Bonchev–Trinajstić information content (AvgIpc) is 3.14. The molecule has 0 radical (unpaired) electrons. The third kappa shape index (κ3) is 2.93. The molecule has 0 aromatic heterocycles. The van der Waals surface area contributed by atoms with E-state index in [4.69, 9.17) is 23.2 Å². The number of nitrogens with zero attached hydrogens (tertiary/aromatic N) is 1. The van der Waals surface area contributed by atoms with Crippen molar-refractivity contribution < 1.29 is 27.5 Å². The van der Waals surface area contributed by atoms with E-state index >= 15 is 0 Å². The van der Waals surface area contributed by atoms with E-state index < -0.39 is 23.6 Å². The standard InChI is InChI=1S/C19H12Cl2F3NO3/c1-18-14(9-2-4-13(5-3-9)28-19(22,23)24)15(18)16(26)25(17(18)27)12-7-10(20)6-11(21)8-12/h2-8,14-15H,1H3/t14-,15?,18-/m0/s1. The van der Waals surface area contributed by atoms with Crippen LogP contribution in [-0.4, -0.2) is 18.2 Å². The number of hydrogen-bond acceptors (Lipinski definition) is 3. The highest BCUT2D eigenvalue weighted by Crippen LogP contribution is 2.70. The summed E-state index contributed by atoms with van der Waals surface area (Å²) in [5.41, 5.74) is -0.0562. The predicted octanol–water partition coefficient (Wildman–Crippen LogP) is 5.19. The van der Waals surface area contributed by atoms with Crippen LogP contribution in [0.3, 0.4) is 0 Å². The maximum Gasteiger partial charge on any atom is 0.573 e. The highest BCUT2D eigenvalue weighted by Gasteiger charge is 2.77. The fourth-order valence-corrected chi connectivity index (χ4v) is 4.50. The Hall–Kier alpha value is -2.25. The number of ether oxygens (including phenoxy) is 1. The van der Waals surface area contributed by atoms with Gasteiger partial charge < -0.3 is 4.74 Å². The number of rotatable bonds is 3. The van der Waals surface area contributed by atoms with Gasteiger partial charge in [-0.25, -0.2) is 4.90 Å². The molecule has 1 heterocycles. The van der Waals surface area contributed by atoms with Gasteiger partial charge in [0, 0.05) is 16.0 Å². The largest absolute Gasteiger partial charge is 0.573 e. The number of imide groups is 1. The normalized spacial score (nSPS) is 26.4. The van der Waals surface area contributed by atoms with Gasteiger partial charge in [-0.3, -0.25) is 9.59 Å². The van der Waals surface area contributed by atoms with Gasteiger partial charge in [-0.2, -0.15) is 0 Å². The van der Waals surface area contributed by atoms with E-state index in [0.717, 1.165) is 4.90 Å². The van der Waals surface area contributed by atoms with E-state index in [1.165, 1.54) is 42.5 Å². The third-order valence-electron chi connectivity index (χ3n) is 5.25. The number of anilines is 1. The molecule has 2 amide bonds. The first-order valence-corrected chi connectivity index (χ1v) is 8.98. The maximum atomic E-state index is 13.0. The summed E-state index contributed by atoms with van der Waals surface area (Å²) in [4.78, 5) is 26.9. The molecule has 1 unspecified atom stereocenters. The first kappa shape index (κ1) is 19.1. The van der Waals surface area contributed by atoms with Gasteiger partial charge in [0.25, 0.3) is 0 Å². The molecule has 2 fully saturated rings. The number of piperidine rings is 1. The molecule has 0 N–H and O–H groups in total. The molecule has 146 valence electrons. The molecule has 2 aliphatic rings. The lowest BCUT2D eigenvalue weighted by Crippen LogP contribution is -2.36. The van der Waals surface area contributed by atoms with Gasteiger partial charge in [0.1, 0.15) is 5.75 Å². The first-order chi connectivity index (χ1) is 13.0. The lowest BCUT2D eigenvalue weighted by molar-refractivity contribution is -0.274. The van der Waals surface area contributed by atoms with Crippen molar-refractivity contribution in [3.8, 4) is 5.75 Å². The zero-order valence-corrected chi connectivity index (χ0v) is 15.8. The second kappa shape index (κ2) is 6.12. The fourth-order valence-electron chi connectivity index (χ4n) is 3.99. The molecule has 9 heteroatoms. The second-order valence-corrected chi connectivity index (χ2v) is 7.83. The Morgan fingerprint density at radius 1 is 1.00 bits per heavy atom. The SMILES string of the molecule is C[C@@]12C(=O)N(c3cc(Cl)cc(Cl)c3)C(=O)C1[C@@H]2c1ccc(OC(F)(F)F)cc1. The number of carbonyl (C=O) groups is 2. The summed E-state index contributed by atoms with van der Waals surface area (Å²) in [7, 11) is 0. The average molecular weight is 430 g/mol. The Morgan fingerprint density at radius 2 is 1.57 bits per heavy atom.